The summed E-state index contributed by atoms with van der Waals surface area (Å²) in [4.78, 5) is 0. The van der Waals surface area contributed by atoms with Crippen LogP contribution in [0.5, 0.6) is 5.75 Å². The van der Waals surface area contributed by atoms with Gasteiger partial charge in [-0.05, 0) is 30.5 Å². The van der Waals surface area contributed by atoms with E-state index in [1.165, 1.54) is 0 Å². The normalized spacial score (nSPS) is 19.0. The second-order valence-electron chi connectivity index (χ2n) is 3.29. The Hall–Kier alpha value is -1.12. The molecule has 1 aliphatic rings. The Kier molecular flexibility index (Phi) is 1.75. The molecule has 0 amide bonds. The molecule has 0 saturated carbocycles. The predicted octanol–water partition coefficient (Wildman–Crippen LogP) is 2.91. The third-order valence-corrected chi connectivity index (χ3v) is 2.29. The molecule has 0 fully saturated rings. The highest BCUT2D eigenvalue weighted by Crippen LogP contribution is 2.36. The highest BCUT2D eigenvalue weighted by Gasteiger charge is 2.36. The molecule has 0 spiro atoms. The second kappa shape index (κ2) is 2.69. The van der Waals surface area contributed by atoms with E-state index in [4.69, 9.17) is 0 Å². The summed E-state index contributed by atoms with van der Waals surface area (Å²) in [6.07, 6.45) is -2.80. The van der Waals surface area contributed by atoms with Crippen molar-refractivity contribution in [2.45, 2.75) is 25.9 Å². The fourth-order valence-corrected chi connectivity index (χ4v) is 1.57. The minimum Gasteiger partial charge on any atom is -0.432 e. The maximum absolute atomic E-state index is 12.8. The van der Waals surface area contributed by atoms with Gasteiger partial charge < -0.3 is 4.74 Å². The Labute approximate surface area is 75.3 Å². The molecular weight excluding hydrogens is 174 g/mol. The monoisotopic (exact) mass is 184 g/mol. The molecule has 0 saturated heterocycles. The van der Waals surface area contributed by atoms with E-state index in [1.807, 2.05) is 13.0 Å². The number of alkyl halides is 2. The van der Waals surface area contributed by atoms with Crippen molar-refractivity contribution in [2.24, 2.45) is 0 Å². The first-order chi connectivity index (χ1) is 6.08. The lowest BCUT2D eigenvalue weighted by Crippen LogP contribution is -2.29. The van der Waals surface area contributed by atoms with Gasteiger partial charge in [-0.1, -0.05) is 12.1 Å². The summed E-state index contributed by atoms with van der Waals surface area (Å²) in [5.41, 5.74) is 1.93. The van der Waals surface area contributed by atoms with Gasteiger partial charge in [-0.2, -0.15) is 8.78 Å². The van der Waals surface area contributed by atoms with Crippen LogP contribution in [0.3, 0.4) is 0 Å². The summed E-state index contributed by atoms with van der Waals surface area (Å²) >= 11 is 0. The van der Waals surface area contributed by atoms with Gasteiger partial charge in [0.25, 0.3) is 0 Å². The van der Waals surface area contributed by atoms with E-state index in [0.29, 0.717) is 12.2 Å². The van der Waals surface area contributed by atoms with E-state index in [0.717, 1.165) is 11.1 Å². The van der Waals surface area contributed by atoms with Crippen LogP contribution in [0.15, 0.2) is 18.2 Å². The number of fused-ring (bicyclic) bond motifs is 1. The topological polar surface area (TPSA) is 9.23 Å². The molecule has 0 N–H and O–H groups in total. The zero-order valence-electron chi connectivity index (χ0n) is 7.31. The predicted molar refractivity (Wildman–Crippen MR) is 45.1 cm³/mol. The molecule has 0 bridgehead atoms. The fourth-order valence-electron chi connectivity index (χ4n) is 1.57. The highest BCUT2D eigenvalue weighted by atomic mass is 19.3. The van der Waals surface area contributed by atoms with Gasteiger partial charge >= 0.3 is 6.11 Å². The number of ether oxygens (including phenoxy) is 1. The number of aryl methyl sites for hydroxylation is 1. The molecule has 70 valence electrons. The molecule has 0 aromatic heterocycles. The molecule has 1 nitrogen and oxygen atoms in total. The third kappa shape index (κ3) is 1.50. The van der Waals surface area contributed by atoms with E-state index in [1.54, 1.807) is 12.1 Å². The van der Waals surface area contributed by atoms with Crippen LogP contribution < -0.4 is 4.74 Å². The van der Waals surface area contributed by atoms with E-state index in [-0.39, 0.29) is 6.42 Å². The summed E-state index contributed by atoms with van der Waals surface area (Å²) in [6.45, 7) is 1.91. The molecule has 0 radical (unpaired) electrons. The molecule has 0 atom stereocenters. The number of hydrogen-bond donors (Lipinski definition) is 0. The van der Waals surface area contributed by atoms with Gasteiger partial charge in [0.2, 0.25) is 0 Å². The second-order valence-corrected chi connectivity index (χ2v) is 3.29. The van der Waals surface area contributed by atoms with Gasteiger partial charge in [0, 0.05) is 0 Å². The molecule has 1 aliphatic heterocycles. The Balaban J connectivity index is 2.42. The van der Waals surface area contributed by atoms with Crippen molar-refractivity contribution in [2.75, 3.05) is 0 Å². The lowest BCUT2D eigenvalue weighted by atomic mass is 10.0. The molecule has 1 heterocycles. The van der Waals surface area contributed by atoms with E-state index >= 15 is 0 Å². The van der Waals surface area contributed by atoms with Crippen LogP contribution in [-0.4, -0.2) is 6.11 Å². The number of hydrogen-bond acceptors (Lipinski definition) is 1. The maximum atomic E-state index is 12.8. The summed E-state index contributed by atoms with van der Waals surface area (Å²) in [5.74, 6) is 0.330. The van der Waals surface area contributed by atoms with Crippen molar-refractivity contribution >= 4 is 0 Å². The molecule has 1 aromatic rings. The van der Waals surface area contributed by atoms with Crippen LogP contribution in [-0.2, 0) is 6.42 Å². The Bertz CT molecular complexity index is 334. The zero-order valence-corrected chi connectivity index (χ0v) is 7.31. The highest BCUT2D eigenvalue weighted by molar-refractivity contribution is 5.41. The van der Waals surface area contributed by atoms with Crippen LogP contribution in [0.25, 0.3) is 0 Å². The van der Waals surface area contributed by atoms with Crippen LogP contribution in [0, 0.1) is 6.92 Å². The summed E-state index contributed by atoms with van der Waals surface area (Å²) in [5, 5.41) is 0. The average molecular weight is 184 g/mol. The first-order valence-electron chi connectivity index (χ1n) is 4.24. The Morgan fingerprint density at radius 3 is 2.92 bits per heavy atom. The van der Waals surface area contributed by atoms with Gasteiger partial charge in [-0.3, -0.25) is 0 Å². The Morgan fingerprint density at radius 2 is 2.15 bits per heavy atom. The lowest BCUT2D eigenvalue weighted by Gasteiger charge is -2.26. The molecule has 3 heteroatoms. The van der Waals surface area contributed by atoms with Crippen LogP contribution in [0.2, 0.25) is 0 Å². The standard InChI is InChI=1S/C10H10F2O/c1-7-3-2-4-9-8(7)5-6-10(11,12)13-9/h2-4H,5-6H2,1H3. The first kappa shape index (κ1) is 8.48. The molecule has 13 heavy (non-hydrogen) atoms. The largest absolute Gasteiger partial charge is 0.432 e. The van der Waals surface area contributed by atoms with Crippen molar-refractivity contribution < 1.29 is 13.5 Å². The quantitative estimate of drug-likeness (QED) is 0.602. The summed E-state index contributed by atoms with van der Waals surface area (Å²) in [6, 6.07) is 5.23. The minimum atomic E-state index is -2.99. The number of benzene rings is 1. The van der Waals surface area contributed by atoms with Gasteiger partial charge in [0.05, 0.1) is 6.42 Å². The molecule has 2 rings (SSSR count). The smallest absolute Gasteiger partial charge is 0.398 e. The minimum absolute atomic E-state index is 0.217. The van der Waals surface area contributed by atoms with Crippen LogP contribution in [0.1, 0.15) is 17.5 Å². The lowest BCUT2D eigenvalue weighted by molar-refractivity contribution is -0.187. The van der Waals surface area contributed by atoms with E-state index < -0.39 is 6.11 Å². The SMILES string of the molecule is Cc1cccc2c1CCC(F)(F)O2. The van der Waals surface area contributed by atoms with Crippen molar-refractivity contribution in [1.82, 2.24) is 0 Å². The van der Waals surface area contributed by atoms with Crippen LogP contribution in [0.4, 0.5) is 8.78 Å². The van der Waals surface area contributed by atoms with E-state index in [2.05, 4.69) is 4.74 Å². The van der Waals surface area contributed by atoms with Crippen molar-refractivity contribution in [3.63, 3.8) is 0 Å². The Morgan fingerprint density at radius 1 is 1.38 bits per heavy atom. The number of halogens is 2. The van der Waals surface area contributed by atoms with E-state index in [9.17, 15) is 8.78 Å². The molecular formula is C10H10F2O. The number of rotatable bonds is 0. The third-order valence-electron chi connectivity index (χ3n) is 2.29. The van der Waals surface area contributed by atoms with Gasteiger partial charge in [-0.25, -0.2) is 0 Å². The molecule has 1 aromatic carbocycles. The van der Waals surface area contributed by atoms with Gasteiger partial charge in [0.1, 0.15) is 5.75 Å². The summed E-state index contributed by atoms with van der Waals surface area (Å²) in [7, 11) is 0. The van der Waals surface area contributed by atoms with Gasteiger partial charge in [0.15, 0.2) is 0 Å². The average Bonchev–Trinajstić information content (AvgIpc) is 2.02. The molecule has 0 aliphatic carbocycles. The van der Waals surface area contributed by atoms with Crippen LogP contribution >= 0.6 is 0 Å². The first-order valence-corrected chi connectivity index (χ1v) is 4.24. The fraction of sp³-hybridized carbons (Fsp3) is 0.400. The van der Waals surface area contributed by atoms with Crippen molar-refractivity contribution in [3.8, 4) is 5.75 Å². The maximum Gasteiger partial charge on any atom is 0.398 e. The summed E-state index contributed by atoms with van der Waals surface area (Å²) < 4.78 is 30.2. The van der Waals surface area contributed by atoms with Gasteiger partial charge in [-0.15, -0.1) is 0 Å². The molecule has 0 unspecified atom stereocenters. The van der Waals surface area contributed by atoms with Crippen molar-refractivity contribution in [1.29, 1.82) is 0 Å². The zero-order chi connectivity index (χ0) is 9.47. The van der Waals surface area contributed by atoms with Crippen molar-refractivity contribution in [3.05, 3.63) is 29.3 Å².